The number of carbonyl (C=O) groups is 1. The molecule has 1 amide bonds. The molecule has 0 aliphatic carbocycles. The van der Waals surface area contributed by atoms with E-state index >= 15 is 0 Å². The number of nitrogens with two attached hydrogens (primary N) is 2. The van der Waals surface area contributed by atoms with E-state index in [0.29, 0.717) is 18.2 Å². The summed E-state index contributed by atoms with van der Waals surface area (Å²) in [7, 11) is 0. The fourth-order valence-electron chi connectivity index (χ4n) is 2.84. The third-order valence-electron chi connectivity index (χ3n) is 3.87. The molecule has 1 aromatic heterocycles. The first-order chi connectivity index (χ1) is 9.49. The van der Waals surface area contributed by atoms with Crippen LogP contribution >= 0.6 is 0 Å². The van der Waals surface area contributed by atoms with Crippen LogP contribution in [-0.4, -0.2) is 29.0 Å². The molecule has 1 saturated heterocycles. The lowest BCUT2D eigenvalue weighted by molar-refractivity contribution is -0.119. The average Bonchev–Trinajstić information content (AvgIpc) is 2.38. The Morgan fingerprint density at radius 2 is 2.05 bits per heavy atom. The van der Waals surface area contributed by atoms with Gasteiger partial charge in [0.05, 0.1) is 0 Å². The number of amides is 1. The Labute approximate surface area is 119 Å². The predicted molar refractivity (Wildman–Crippen MR) is 79.3 cm³/mol. The summed E-state index contributed by atoms with van der Waals surface area (Å²) in [6.07, 6.45) is 3.93. The van der Waals surface area contributed by atoms with Crippen molar-refractivity contribution in [2.75, 3.05) is 23.7 Å². The van der Waals surface area contributed by atoms with Gasteiger partial charge in [0.15, 0.2) is 0 Å². The maximum atomic E-state index is 11.0. The van der Waals surface area contributed by atoms with Crippen LogP contribution in [0.4, 0.5) is 11.6 Å². The van der Waals surface area contributed by atoms with Gasteiger partial charge in [0.1, 0.15) is 18.0 Å². The quantitative estimate of drug-likeness (QED) is 0.863. The molecular formula is C14H23N5O. The number of aromatic nitrogens is 2. The number of piperidine rings is 1. The number of rotatable bonds is 4. The minimum Gasteiger partial charge on any atom is -0.383 e. The van der Waals surface area contributed by atoms with Crippen LogP contribution in [0.25, 0.3) is 0 Å². The highest BCUT2D eigenvalue weighted by Crippen LogP contribution is 2.32. The molecule has 6 nitrogen and oxygen atoms in total. The molecule has 2 rings (SSSR count). The molecule has 6 heteroatoms. The van der Waals surface area contributed by atoms with E-state index in [4.69, 9.17) is 11.5 Å². The van der Waals surface area contributed by atoms with Crippen molar-refractivity contribution in [1.82, 2.24) is 9.97 Å². The van der Waals surface area contributed by atoms with Crippen LogP contribution in [0, 0.1) is 5.92 Å². The predicted octanol–water partition coefficient (Wildman–Crippen LogP) is 1.27. The van der Waals surface area contributed by atoms with E-state index in [9.17, 15) is 4.79 Å². The Hall–Kier alpha value is -1.85. The van der Waals surface area contributed by atoms with E-state index < -0.39 is 0 Å². The number of nitrogens with zero attached hydrogens (tertiary/aromatic N) is 3. The minimum atomic E-state index is -0.211. The summed E-state index contributed by atoms with van der Waals surface area (Å²) >= 11 is 0. The molecule has 0 saturated carbocycles. The molecule has 0 radical (unpaired) electrons. The summed E-state index contributed by atoms with van der Waals surface area (Å²) in [5, 5.41) is 0. The molecule has 0 atom stereocenters. The third-order valence-corrected chi connectivity index (χ3v) is 3.87. The van der Waals surface area contributed by atoms with E-state index in [1.165, 1.54) is 6.33 Å². The second kappa shape index (κ2) is 6.07. The van der Waals surface area contributed by atoms with Crippen molar-refractivity contribution in [3.63, 3.8) is 0 Å². The van der Waals surface area contributed by atoms with Crippen molar-refractivity contribution in [3.05, 3.63) is 11.9 Å². The van der Waals surface area contributed by atoms with Crippen molar-refractivity contribution in [3.8, 4) is 0 Å². The summed E-state index contributed by atoms with van der Waals surface area (Å²) in [6.45, 7) is 5.96. The molecule has 4 N–H and O–H groups in total. The Bertz CT molecular complexity index is 480. The number of carbonyl (C=O) groups excluding carboxylic acids is 1. The zero-order chi connectivity index (χ0) is 14.7. The molecule has 20 heavy (non-hydrogen) atoms. The van der Waals surface area contributed by atoms with Gasteiger partial charge in [-0.1, -0.05) is 13.8 Å². The average molecular weight is 277 g/mol. The molecular weight excluding hydrogens is 254 g/mol. The Balaban J connectivity index is 2.11. The van der Waals surface area contributed by atoms with Crippen LogP contribution in [0.3, 0.4) is 0 Å². The van der Waals surface area contributed by atoms with Gasteiger partial charge in [-0.05, 0) is 24.7 Å². The molecule has 1 aromatic rings. The van der Waals surface area contributed by atoms with Crippen molar-refractivity contribution < 1.29 is 4.79 Å². The van der Waals surface area contributed by atoms with Crippen LogP contribution in [0.2, 0.25) is 0 Å². The van der Waals surface area contributed by atoms with Crippen LogP contribution in [0.1, 0.15) is 44.6 Å². The van der Waals surface area contributed by atoms with E-state index in [1.807, 2.05) is 0 Å². The van der Waals surface area contributed by atoms with Crippen molar-refractivity contribution in [1.29, 1.82) is 0 Å². The third kappa shape index (κ3) is 3.18. The second-order valence-corrected chi connectivity index (χ2v) is 5.75. The lowest BCUT2D eigenvalue weighted by atomic mass is 9.92. The Morgan fingerprint density at radius 3 is 2.60 bits per heavy atom. The van der Waals surface area contributed by atoms with Gasteiger partial charge in [-0.3, -0.25) is 4.79 Å². The summed E-state index contributed by atoms with van der Waals surface area (Å²) in [5.74, 6) is 1.96. The van der Waals surface area contributed by atoms with E-state index in [2.05, 4.69) is 28.7 Å². The van der Waals surface area contributed by atoms with Crippen LogP contribution in [0.15, 0.2) is 6.33 Å². The fraction of sp³-hybridized carbons (Fsp3) is 0.643. The number of primary amides is 1. The number of nitrogen functional groups attached to an aromatic ring is 1. The normalized spacial score (nSPS) is 16.6. The minimum absolute atomic E-state index is 0.211. The lowest BCUT2D eigenvalue weighted by Gasteiger charge is -2.34. The number of hydrogen-bond donors (Lipinski definition) is 2. The smallest absolute Gasteiger partial charge is 0.217 e. The van der Waals surface area contributed by atoms with Crippen LogP contribution in [-0.2, 0) is 4.79 Å². The van der Waals surface area contributed by atoms with Crippen LogP contribution < -0.4 is 16.4 Å². The standard InChI is InChI=1S/C14H23N5O/c1-9(2)12-13(16)17-8-18-14(12)19-5-3-10(4-6-19)7-11(15)20/h8-10H,3-7H2,1-2H3,(H2,15,20)(H2,16,17,18). The zero-order valence-corrected chi connectivity index (χ0v) is 12.2. The highest BCUT2D eigenvalue weighted by atomic mass is 16.1. The SMILES string of the molecule is CC(C)c1c(N)ncnc1N1CCC(CC(N)=O)CC1. The maximum Gasteiger partial charge on any atom is 0.217 e. The molecule has 0 bridgehead atoms. The Morgan fingerprint density at radius 1 is 1.40 bits per heavy atom. The Kier molecular flexibility index (Phi) is 4.42. The summed E-state index contributed by atoms with van der Waals surface area (Å²) in [4.78, 5) is 21.7. The summed E-state index contributed by atoms with van der Waals surface area (Å²) in [6, 6.07) is 0. The molecule has 1 fully saturated rings. The zero-order valence-electron chi connectivity index (χ0n) is 12.2. The van der Waals surface area contributed by atoms with Gasteiger partial charge in [-0.25, -0.2) is 9.97 Å². The van der Waals surface area contributed by atoms with E-state index in [1.54, 1.807) is 0 Å². The summed E-state index contributed by atoms with van der Waals surface area (Å²) < 4.78 is 0. The number of hydrogen-bond acceptors (Lipinski definition) is 5. The maximum absolute atomic E-state index is 11.0. The lowest BCUT2D eigenvalue weighted by Crippen LogP contribution is -2.36. The van der Waals surface area contributed by atoms with Gasteiger partial charge in [0.2, 0.25) is 5.91 Å². The van der Waals surface area contributed by atoms with Gasteiger partial charge in [-0.15, -0.1) is 0 Å². The van der Waals surface area contributed by atoms with Gasteiger partial charge < -0.3 is 16.4 Å². The molecule has 0 unspecified atom stereocenters. The van der Waals surface area contributed by atoms with Gasteiger partial charge in [-0.2, -0.15) is 0 Å². The highest BCUT2D eigenvalue weighted by molar-refractivity contribution is 5.74. The molecule has 2 heterocycles. The fourth-order valence-corrected chi connectivity index (χ4v) is 2.84. The van der Waals surface area contributed by atoms with Crippen molar-refractivity contribution in [2.45, 2.75) is 39.0 Å². The van der Waals surface area contributed by atoms with Crippen LogP contribution in [0.5, 0.6) is 0 Å². The van der Waals surface area contributed by atoms with Gasteiger partial charge >= 0.3 is 0 Å². The molecule has 0 aromatic carbocycles. The second-order valence-electron chi connectivity index (χ2n) is 5.75. The monoisotopic (exact) mass is 277 g/mol. The molecule has 110 valence electrons. The summed E-state index contributed by atoms with van der Waals surface area (Å²) in [5.41, 5.74) is 12.3. The molecule has 0 spiro atoms. The first-order valence-corrected chi connectivity index (χ1v) is 7.12. The highest BCUT2D eigenvalue weighted by Gasteiger charge is 2.24. The van der Waals surface area contributed by atoms with E-state index in [0.717, 1.165) is 37.3 Å². The van der Waals surface area contributed by atoms with Gasteiger partial charge in [0, 0.05) is 25.1 Å². The van der Waals surface area contributed by atoms with Crippen molar-refractivity contribution in [2.24, 2.45) is 11.7 Å². The first kappa shape index (κ1) is 14.6. The van der Waals surface area contributed by atoms with E-state index in [-0.39, 0.29) is 11.8 Å². The number of anilines is 2. The molecule has 1 aliphatic heterocycles. The van der Waals surface area contributed by atoms with Gasteiger partial charge in [0.25, 0.3) is 0 Å². The molecule has 1 aliphatic rings. The first-order valence-electron chi connectivity index (χ1n) is 7.12. The largest absolute Gasteiger partial charge is 0.383 e. The topological polar surface area (TPSA) is 98.1 Å². The van der Waals surface area contributed by atoms with Crippen molar-refractivity contribution >= 4 is 17.5 Å².